The number of hydrogen-bond acceptors (Lipinski definition) is 5. The van der Waals surface area contributed by atoms with Crippen LogP contribution in [0.2, 0.25) is 0 Å². The van der Waals surface area contributed by atoms with Crippen LogP contribution in [0.25, 0.3) is 21.2 Å². The Kier molecular flexibility index (Phi) is 4.25. The van der Waals surface area contributed by atoms with Gasteiger partial charge in [-0.05, 0) is 23.1 Å². The molecule has 1 aromatic carbocycles. The molecule has 0 fully saturated rings. The van der Waals surface area contributed by atoms with Crippen molar-refractivity contribution in [2.45, 2.75) is 0 Å². The molecule has 0 bridgehead atoms. The van der Waals surface area contributed by atoms with Crippen molar-refractivity contribution in [2.24, 2.45) is 7.05 Å². The number of carbonyl (C=O) groups is 1. The zero-order valence-corrected chi connectivity index (χ0v) is 15.0. The first-order chi connectivity index (χ1) is 13.0. The third-order valence-corrected chi connectivity index (χ3v) is 5.01. The second-order valence-corrected chi connectivity index (χ2v) is 6.95. The van der Waals surface area contributed by atoms with Crippen LogP contribution >= 0.6 is 11.3 Å². The Balaban J connectivity index is 1.58. The van der Waals surface area contributed by atoms with Gasteiger partial charge in [0.05, 0.1) is 10.4 Å². The number of aromatic nitrogens is 3. The van der Waals surface area contributed by atoms with Gasteiger partial charge in [-0.2, -0.15) is 4.39 Å². The fraction of sp³-hybridized carbons (Fsp3) is 0.0526. The fourth-order valence-corrected chi connectivity index (χ4v) is 3.44. The first kappa shape index (κ1) is 17.0. The average Bonchev–Trinajstić information content (AvgIpc) is 3.11. The minimum absolute atomic E-state index is 0.189. The number of anilines is 1. The smallest absolute Gasteiger partial charge is 0.258 e. The predicted octanol–water partition coefficient (Wildman–Crippen LogP) is 3.45. The van der Waals surface area contributed by atoms with Crippen molar-refractivity contribution in [3.8, 4) is 10.4 Å². The van der Waals surface area contributed by atoms with Gasteiger partial charge in [0.1, 0.15) is 0 Å². The van der Waals surface area contributed by atoms with Gasteiger partial charge in [-0.15, -0.1) is 0 Å². The molecule has 0 saturated heterocycles. The standard InChI is InChI=1S/C19H13FN4O2S/c1-24-10-13(4-5-17(24)25)18(26)23-19-22-9-15(27-19)11-2-3-12-8-21-16(20)7-14(12)6-11/h2-10H,1H3,(H,22,23,26). The number of aryl methyl sites for hydroxylation is 1. The maximum absolute atomic E-state index is 13.3. The summed E-state index contributed by atoms with van der Waals surface area (Å²) in [5, 5.41) is 4.74. The molecule has 4 rings (SSSR count). The van der Waals surface area contributed by atoms with E-state index >= 15 is 0 Å². The normalized spacial score (nSPS) is 10.9. The molecule has 3 heterocycles. The van der Waals surface area contributed by atoms with E-state index in [1.807, 2.05) is 18.2 Å². The number of amides is 1. The van der Waals surface area contributed by atoms with Gasteiger partial charge in [-0.3, -0.25) is 14.9 Å². The third kappa shape index (κ3) is 3.47. The van der Waals surface area contributed by atoms with Gasteiger partial charge in [-0.25, -0.2) is 9.97 Å². The van der Waals surface area contributed by atoms with Crippen molar-refractivity contribution in [2.75, 3.05) is 5.32 Å². The van der Waals surface area contributed by atoms with Gasteiger partial charge in [0, 0.05) is 43.2 Å². The first-order valence-corrected chi connectivity index (χ1v) is 8.81. The van der Waals surface area contributed by atoms with Crippen molar-refractivity contribution in [3.05, 3.63) is 76.9 Å². The molecule has 0 unspecified atom stereocenters. The Bertz CT molecular complexity index is 1230. The predicted molar refractivity (Wildman–Crippen MR) is 102 cm³/mol. The number of benzene rings is 1. The van der Waals surface area contributed by atoms with E-state index in [0.717, 1.165) is 21.2 Å². The number of rotatable bonds is 3. The SMILES string of the molecule is Cn1cc(C(=O)Nc2ncc(-c3ccc4cnc(F)cc4c3)s2)ccc1=O. The molecule has 1 N–H and O–H groups in total. The number of carbonyl (C=O) groups excluding carboxylic acids is 1. The van der Waals surface area contributed by atoms with Gasteiger partial charge in [0.2, 0.25) is 11.5 Å². The molecule has 6 nitrogen and oxygen atoms in total. The number of pyridine rings is 2. The minimum atomic E-state index is -0.533. The largest absolute Gasteiger partial charge is 0.318 e. The highest BCUT2D eigenvalue weighted by atomic mass is 32.1. The lowest BCUT2D eigenvalue weighted by Crippen LogP contribution is -2.19. The summed E-state index contributed by atoms with van der Waals surface area (Å²) in [5.41, 5.74) is 1.04. The Hall–Kier alpha value is -3.39. The van der Waals surface area contributed by atoms with E-state index in [1.54, 1.807) is 13.2 Å². The second-order valence-electron chi connectivity index (χ2n) is 5.92. The second kappa shape index (κ2) is 6.73. The molecule has 0 aliphatic rings. The van der Waals surface area contributed by atoms with Crippen LogP contribution < -0.4 is 10.9 Å². The van der Waals surface area contributed by atoms with Crippen molar-refractivity contribution < 1.29 is 9.18 Å². The molecule has 4 aromatic rings. The summed E-state index contributed by atoms with van der Waals surface area (Å²) in [6, 6.07) is 9.80. The summed E-state index contributed by atoms with van der Waals surface area (Å²) >= 11 is 1.31. The van der Waals surface area contributed by atoms with Crippen molar-refractivity contribution in [3.63, 3.8) is 0 Å². The van der Waals surface area contributed by atoms with Gasteiger partial charge in [0.25, 0.3) is 5.91 Å². The maximum Gasteiger partial charge on any atom is 0.258 e. The van der Waals surface area contributed by atoms with Crippen molar-refractivity contribution >= 4 is 33.1 Å². The van der Waals surface area contributed by atoms with Crippen LogP contribution in [-0.4, -0.2) is 20.4 Å². The van der Waals surface area contributed by atoms with Crippen LogP contribution in [0.4, 0.5) is 9.52 Å². The molecule has 1 amide bonds. The fourth-order valence-electron chi connectivity index (χ4n) is 2.63. The Morgan fingerprint density at radius 3 is 2.78 bits per heavy atom. The van der Waals surface area contributed by atoms with E-state index < -0.39 is 5.95 Å². The molecule has 0 spiro atoms. The van der Waals surface area contributed by atoms with Crippen LogP contribution in [0.3, 0.4) is 0 Å². The van der Waals surface area contributed by atoms with Crippen LogP contribution in [0.1, 0.15) is 10.4 Å². The van der Waals surface area contributed by atoms with Crippen LogP contribution in [0.5, 0.6) is 0 Å². The highest BCUT2D eigenvalue weighted by Crippen LogP contribution is 2.31. The summed E-state index contributed by atoms with van der Waals surface area (Å²) in [7, 11) is 1.58. The molecular weight excluding hydrogens is 367 g/mol. The lowest BCUT2D eigenvalue weighted by molar-refractivity contribution is 0.102. The summed E-state index contributed by atoms with van der Waals surface area (Å²) in [6.45, 7) is 0. The van der Waals surface area contributed by atoms with Gasteiger partial charge in [-0.1, -0.05) is 23.5 Å². The summed E-state index contributed by atoms with van der Waals surface area (Å²) in [6.07, 6.45) is 4.61. The van der Waals surface area contributed by atoms with Crippen molar-refractivity contribution in [1.82, 2.24) is 14.5 Å². The molecule has 134 valence electrons. The zero-order valence-electron chi connectivity index (χ0n) is 14.1. The maximum atomic E-state index is 13.3. The number of thiazole rings is 1. The molecule has 0 aliphatic heterocycles. The number of nitrogens with zero attached hydrogens (tertiary/aromatic N) is 3. The Morgan fingerprint density at radius 2 is 1.96 bits per heavy atom. The molecular formula is C19H13FN4O2S. The monoisotopic (exact) mass is 380 g/mol. The quantitative estimate of drug-likeness (QED) is 0.552. The number of hydrogen-bond donors (Lipinski definition) is 1. The molecule has 0 saturated carbocycles. The number of halogens is 1. The highest BCUT2D eigenvalue weighted by molar-refractivity contribution is 7.19. The Labute approximate surface area is 157 Å². The molecule has 8 heteroatoms. The minimum Gasteiger partial charge on any atom is -0.318 e. The topological polar surface area (TPSA) is 76.9 Å². The van der Waals surface area contributed by atoms with E-state index in [1.165, 1.54) is 46.5 Å². The van der Waals surface area contributed by atoms with E-state index in [4.69, 9.17) is 0 Å². The lowest BCUT2D eigenvalue weighted by atomic mass is 10.1. The molecule has 0 radical (unpaired) electrons. The van der Waals surface area contributed by atoms with Crippen LogP contribution in [0, 0.1) is 5.95 Å². The van der Waals surface area contributed by atoms with E-state index in [0.29, 0.717) is 10.7 Å². The van der Waals surface area contributed by atoms with E-state index in [2.05, 4.69) is 15.3 Å². The van der Waals surface area contributed by atoms with Crippen LogP contribution in [-0.2, 0) is 7.05 Å². The van der Waals surface area contributed by atoms with Gasteiger partial charge in [0.15, 0.2) is 5.13 Å². The number of nitrogens with one attached hydrogen (secondary N) is 1. The number of fused-ring (bicyclic) bond motifs is 1. The Morgan fingerprint density at radius 1 is 1.11 bits per heavy atom. The van der Waals surface area contributed by atoms with Crippen LogP contribution in [0.15, 0.2) is 59.8 Å². The zero-order chi connectivity index (χ0) is 19.0. The van der Waals surface area contributed by atoms with Gasteiger partial charge < -0.3 is 4.57 Å². The van der Waals surface area contributed by atoms with Gasteiger partial charge >= 0.3 is 0 Å². The molecule has 3 aromatic heterocycles. The summed E-state index contributed by atoms with van der Waals surface area (Å²) < 4.78 is 14.7. The molecule has 27 heavy (non-hydrogen) atoms. The highest BCUT2D eigenvalue weighted by Gasteiger charge is 2.11. The first-order valence-electron chi connectivity index (χ1n) is 7.99. The summed E-state index contributed by atoms with van der Waals surface area (Å²) in [5.74, 6) is -0.882. The summed E-state index contributed by atoms with van der Waals surface area (Å²) in [4.78, 5) is 32.5. The lowest BCUT2D eigenvalue weighted by Gasteiger charge is -2.03. The van der Waals surface area contributed by atoms with Crippen molar-refractivity contribution in [1.29, 1.82) is 0 Å². The molecule has 0 atom stereocenters. The van der Waals surface area contributed by atoms with E-state index in [9.17, 15) is 14.0 Å². The molecule has 0 aliphatic carbocycles. The average molecular weight is 380 g/mol. The third-order valence-electron chi connectivity index (χ3n) is 4.05. The van der Waals surface area contributed by atoms with E-state index in [-0.39, 0.29) is 11.5 Å².